The molecule has 0 saturated heterocycles. The molecule has 0 radical (unpaired) electrons. The molecule has 0 fully saturated rings. The number of nitrogens with one attached hydrogen (secondary N) is 2. The van der Waals surface area contributed by atoms with E-state index in [0.29, 0.717) is 12.1 Å². The molecule has 0 bridgehead atoms. The Labute approximate surface area is 154 Å². The average molecular weight is 342 g/mol. The van der Waals surface area contributed by atoms with Gasteiger partial charge in [0.25, 0.3) is 0 Å². The van der Waals surface area contributed by atoms with E-state index in [4.69, 9.17) is 5.26 Å². The molecule has 0 aliphatic carbocycles. The summed E-state index contributed by atoms with van der Waals surface area (Å²) in [6.45, 7) is 2.77. The Morgan fingerprint density at radius 1 is 1.04 bits per heavy atom. The van der Waals surface area contributed by atoms with Crippen molar-refractivity contribution in [3.63, 3.8) is 0 Å². The number of nitriles is 1. The van der Waals surface area contributed by atoms with Gasteiger partial charge in [0.2, 0.25) is 0 Å². The minimum Gasteiger partial charge on any atom is -0.352 e. The van der Waals surface area contributed by atoms with Crippen molar-refractivity contribution in [1.82, 2.24) is 10.6 Å². The second-order valence-corrected chi connectivity index (χ2v) is 6.21. The predicted molar refractivity (Wildman–Crippen MR) is 107 cm³/mol. The van der Waals surface area contributed by atoms with Crippen LogP contribution in [-0.4, -0.2) is 13.0 Å². The van der Waals surface area contributed by atoms with Crippen LogP contribution in [0.1, 0.15) is 29.7 Å². The minimum atomic E-state index is 0.131. The first-order valence-corrected chi connectivity index (χ1v) is 8.64. The number of guanidine groups is 1. The van der Waals surface area contributed by atoms with Gasteiger partial charge in [-0.05, 0) is 47.0 Å². The fourth-order valence-electron chi connectivity index (χ4n) is 2.84. The van der Waals surface area contributed by atoms with E-state index < -0.39 is 0 Å². The zero-order chi connectivity index (χ0) is 18.4. The molecule has 3 rings (SSSR count). The van der Waals surface area contributed by atoms with E-state index in [0.717, 1.165) is 11.5 Å². The second-order valence-electron chi connectivity index (χ2n) is 6.21. The van der Waals surface area contributed by atoms with E-state index in [2.05, 4.69) is 71.1 Å². The van der Waals surface area contributed by atoms with Crippen LogP contribution >= 0.6 is 0 Å². The van der Waals surface area contributed by atoms with Crippen LogP contribution in [-0.2, 0) is 6.54 Å². The number of nitrogens with zero attached hydrogens (tertiary/aromatic N) is 2. The predicted octanol–water partition coefficient (Wildman–Crippen LogP) is 4.14. The van der Waals surface area contributed by atoms with Gasteiger partial charge in [-0.1, -0.05) is 48.5 Å². The van der Waals surface area contributed by atoms with Crippen molar-refractivity contribution in [3.05, 3.63) is 83.4 Å². The molecule has 1 unspecified atom stereocenters. The van der Waals surface area contributed by atoms with E-state index in [1.54, 1.807) is 7.05 Å². The van der Waals surface area contributed by atoms with Crippen LogP contribution in [0.25, 0.3) is 10.8 Å². The second kappa shape index (κ2) is 8.17. The number of hydrogen-bond acceptors (Lipinski definition) is 2. The molecule has 130 valence electrons. The van der Waals surface area contributed by atoms with Crippen molar-refractivity contribution in [2.75, 3.05) is 7.05 Å². The summed E-state index contributed by atoms with van der Waals surface area (Å²) in [7, 11) is 1.77. The van der Waals surface area contributed by atoms with Gasteiger partial charge in [0.1, 0.15) is 0 Å². The highest BCUT2D eigenvalue weighted by atomic mass is 15.2. The lowest BCUT2D eigenvalue weighted by molar-refractivity contribution is 0.686. The molecular weight excluding hydrogens is 320 g/mol. The highest BCUT2D eigenvalue weighted by Gasteiger charge is 2.08. The largest absolute Gasteiger partial charge is 0.352 e. The molecule has 0 saturated carbocycles. The van der Waals surface area contributed by atoms with Crippen molar-refractivity contribution in [2.45, 2.75) is 19.5 Å². The fourth-order valence-corrected chi connectivity index (χ4v) is 2.84. The standard InChI is InChI=1S/C22H22N4/c1-16(20-12-11-19-5-3-4-6-21(19)13-20)26-22(24-2)25-15-18-9-7-17(14-23)8-10-18/h3-13,16H,15H2,1-2H3,(H2,24,25,26). The third kappa shape index (κ3) is 4.20. The van der Waals surface area contributed by atoms with Crippen molar-refractivity contribution in [3.8, 4) is 6.07 Å². The topological polar surface area (TPSA) is 60.2 Å². The Morgan fingerprint density at radius 2 is 1.77 bits per heavy atom. The van der Waals surface area contributed by atoms with Crippen molar-refractivity contribution in [1.29, 1.82) is 5.26 Å². The summed E-state index contributed by atoms with van der Waals surface area (Å²) < 4.78 is 0. The third-order valence-corrected chi connectivity index (χ3v) is 4.39. The molecule has 3 aromatic rings. The van der Waals surface area contributed by atoms with Crippen LogP contribution in [0, 0.1) is 11.3 Å². The van der Waals surface area contributed by atoms with Crippen LogP contribution in [0.15, 0.2) is 71.7 Å². The van der Waals surface area contributed by atoms with Crippen LogP contribution in [0.4, 0.5) is 0 Å². The van der Waals surface area contributed by atoms with Gasteiger partial charge in [-0.2, -0.15) is 5.26 Å². The van der Waals surface area contributed by atoms with Crippen molar-refractivity contribution >= 4 is 16.7 Å². The monoisotopic (exact) mass is 342 g/mol. The number of rotatable bonds is 4. The number of hydrogen-bond donors (Lipinski definition) is 2. The Kier molecular flexibility index (Phi) is 5.50. The Morgan fingerprint density at radius 3 is 2.46 bits per heavy atom. The van der Waals surface area contributed by atoms with Gasteiger partial charge in [-0.3, -0.25) is 4.99 Å². The highest BCUT2D eigenvalue weighted by molar-refractivity contribution is 5.84. The molecule has 4 heteroatoms. The minimum absolute atomic E-state index is 0.131. The van der Waals surface area contributed by atoms with E-state index in [1.165, 1.54) is 16.3 Å². The summed E-state index contributed by atoms with van der Waals surface area (Å²) >= 11 is 0. The van der Waals surface area contributed by atoms with E-state index in [-0.39, 0.29) is 6.04 Å². The molecule has 0 aliphatic rings. The summed E-state index contributed by atoms with van der Waals surface area (Å²) in [5, 5.41) is 18.1. The van der Waals surface area contributed by atoms with Gasteiger partial charge in [0.05, 0.1) is 17.7 Å². The summed E-state index contributed by atoms with van der Waals surface area (Å²) in [6.07, 6.45) is 0. The van der Waals surface area contributed by atoms with Gasteiger partial charge in [-0.15, -0.1) is 0 Å². The molecular formula is C22H22N4. The number of benzene rings is 3. The lowest BCUT2D eigenvalue weighted by Gasteiger charge is -2.19. The van der Waals surface area contributed by atoms with E-state index in [9.17, 15) is 0 Å². The normalized spacial score (nSPS) is 12.4. The summed E-state index contributed by atoms with van der Waals surface area (Å²) in [6, 6.07) is 24.7. The molecule has 26 heavy (non-hydrogen) atoms. The molecule has 0 spiro atoms. The third-order valence-electron chi connectivity index (χ3n) is 4.39. The van der Waals surface area contributed by atoms with Gasteiger partial charge in [0, 0.05) is 13.6 Å². The molecule has 0 amide bonds. The van der Waals surface area contributed by atoms with Crippen molar-refractivity contribution < 1.29 is 0 Å². The quantitative estimate of drug-likeness (QED) is 0.553. The molecule has 3 aromatic carbocycles. The lowest BCUT2D eigenvalue weighted by atomic mass is 10.0. The molecule has 0 aliphatic heterocycles. The van der Waals surface area contributed by atoms with Crippen LogP contribution in [0.3, 0.4) is 0 Å². The first kappa shape index (κ1) is 17.5. The molecule has 0 heterocycles. The van der Waals surface area contributed by atoms with Crippen LogP contribution < -0.4 is 10.6 Å². The molecule has 0 aromatic heterocycles. The Hall–Kier alpha value is -3.32. The Balaban J connectivity index is 1.63. The fraction of sp³-hybridized carbons (Fsp3) is 0.182. The maximum Gasteiger partial charge on any atom is 0.191 e. The summed E-state index contributed by atoms with van der Waals surface area (Å²) in [5.74, 6) is 0.745. The maximum atomic E-state index is 8.86. The van der Waals surface area contributed by atoms with Crippen LogP contribution in [0.5, 0.6) is 0 Å². The zero-order valence-corrected chi connectivity index (χ0v) is 15.0. The van der Waals surface area contributed by atoms with Gasteiger partial charge in [0.15, 0.2) is 5.96 Å². The van der Waals surface area contributed by atoms with Gasteiger partial charge < -0.3 is 10.6 Å². The summed E-state index contributed by atoms with van der Waals surface area (Å²) in [5.41, 5.74) is 2.98. The average Bonchev–Trinajstić information content (AvgIpc) is 2.70. The van der Waals surface area contributed by atoms with Gasteiger partial charge >= 0.3 is 0 Å². The van der Waals surface area contributed by atoms with Gasteiger partial charge in [-0.25, -0.2) is 0 Å². The lowest BCUT2D eigenvalue weighted by Crippen LogP contribution is -2.38. The maximum absolute atomic E-state index is 8.86. The van der Waals surface area contributed by atoms with Crippen molar-refractivity contribution in [2.24, 2.45) is 4.99 Å². The first-order chi connectivity index (χ1) is 12.7. The molecule has 4 nitrogen and oxygen atoms in total. The van der Waals surface area contributed by atoms with E-state index in [1.807, 2.05) is 24.3 Å². The van der Waals surface area contributed by atoms with Crippen LogP contribution in [0.2, 0.25) is 0 Å². The number of aliphatic imine (C=N–C) groups is 1. The summed E-state index contributed by atoms with van der Waals surface area (Å²) in [4.78, 5) is 4.31. The number of fused-ring (bicyclic) bond motifs is 1. The van der Waals surface area contributed by atoms with E-state index >= 15 is 0 Å². The highest BCUT2D eigenvalue weighted by Crippen LogP contribution is 2.20. The Bertz CT molecular complexity index is 952. The molecule has 2 N–H and O–H groups in total. The smallest absolute Gasteiger partial charge is 0.191 e. The SMILES string of the molecule is CN=C(NCc1ccc(C#N)cc1)NC(C)c1ccc2ccccc2c1. The zero-order valence-electron chi connectivity index (χ0n) is 15.0. The first-order valence-electron chi connectivity index (χ1n) is 8.64. The molecule has 1 atom stereocenters.